The average Bonchev–Trinajstić information content (AvgIpc) is 2.52. The fourth-order valence-corrected chi connectivity index (χ4v) is 2.53. The Morgan fingerprint density at radius 3 is 2.25 bits per heavy atom. The topological polar surface area (TPSA) is 30.5 Å². The number of methoxy groups -OCH3 is 1. The van der Waals surface area contributed by atoms with Gasteiger partial charge in [-0.1, -0.05) is 35.3 Å². The molecule has 5 heteroatoms. The Morgan fingerprint density at radius 1 is 1.00 bits per heavy atom. The van der Waals surface area contributed by atoms with Crippen LogP contribution in [-0.4, -0.2) is 12.6 Å². The van der Waals surface area contributed by atoms with Crippen LogP contribution >= 0.6 is 23.2 Å². The maximum absolute atomic E-state index is 6.40. The van der Waals surface area contributed by atoms with Gasteiger partial charge in [-0.05, 0) is 56.2 Å². The highest BCUT2D eigenvalue weighted by molar-refractivity contribution is 6.32. The molecule has 0 spiro atoms. The minimum absolute atomic E-state index is 0.0312. The SMILES string of the molecule is COc1cc(CNC(C)(C)C)cc(Cl)c1OCc1ccc(Cl)cc1. The van der Waals surface area contributed by atoms with E-state index in [0.29, 0.717) is 34.7 Å². The highest BCUT2D eigenvalue weighted by atomic mass is 35.5. The molecule has 1 N–H and O–H groups in total. The van der Waals surface area contributed by atoms with E-state index in [0.717, 1.165) is 11.1 Å². The first-order valence-corrected chi connectivity index (χ1v) is 8.53. The molecule has 0 bridgehead atoms. The third kappa shape index (κ3) is 5.59. The molecule has 0 radical (unpaired) electrons. The fourth-order valence-electron chi connectivity index (χ4n) is 2.12. The van der Waals surface area contributed by atoms with Gasteiger partial charge >= 0.3 is 0 Å². The largest absolute Gasteiger partial charge is 0.493 e. The van der Waals surface area contributed by atoms with Gasteiger partial charge in [0.2, 0.25) is 0 Å². The number of rotatable bonds is 6. The Labute approximate surface area is 153 Å². The van der Waals surface area contributed by atoms with Gasteiger partial charge in [0.05, 0.1) is 12.1 Å². The van der Waals surface area contributed by atoms with Crippen molar-refractivity contribution in [3.8, 4) is 11.5 Å². The fraction of sp³-hybridized carbons (Fsp3) is 0.368. The third-order valence-electron chi connectivity index (χ3n) is 3.41. The van der Waals surface area contributed by atoms with Crippen LogP contribution in [0.1, 0.15) is 31.9 Å². The summed E-state index contributed by atoms with van der Waals surface area (Å²) < 4.78 is 11.3. The maximum Gasteiger partial charge on any atom is 0.180 e. The Bertz CT molecular complexity index is 679. The number of hydrogen-bond donors (Lipinski definition) is 1. The molecular formula is C19H23Cl2NO2. The summed E-state index contributed by atoms with van der Waals surface area (Å²) in [5.74, 6) is 1.18. The second-order valence-corrected chi connectivity index (χ2v) is 7.47. The zero-order valence-electron chi connectivity index (χ0n) is 14.5. The monoisotopic (exact) mass is 367 g/mol. The Hall–Kier alpha value is -1.42. The Morgan fingerprint density at radius 2 is 1.67 bits per heavy atom. The predicted octanol–water partition coefficient (Wildman–Crippen LogP) is 5.47. The molecule has 0 saturated carbocycles. The van der Waals surface area contributed by atoms with Crippen LogP contribution in [0.25, 0.3) is 0 Å². The first-order chi connectivity index (χ1) is 11.3. The van der Waals surface area contributed by atoms with Crippen molar-refractivity contribution in [2.45, 2.75) is 39.5 Å². The molecule has 0 unspecified atom stereocenters. The summed E-state index contributed by atoms with van der Waals surface area (Å²) in [5.41, 5.74) is 2.09. The van der Waals surface area contributed by atoms with Crippen molar-refractivity contribution in [2.75, 3.05) is 7.11 Å². The van der Waals surface area contributed by atoms with Crippen LogP contribution in [0.3, 0.4) is 0 Å². The average molecular weight is 368 g/mol. The van der Waals surface area contributed by atoms with Gasteiger partial charge in [0.25, 0.3) is 0 Å². The van der Waals surface area contributed by atoms with Crippen LogP contribution in [0.15, 0.2) is 36.4 Å². The number of benzene rings is 2. The van der Waals surface area contributed by atoms with Gasteiger partial charge in [-0.3, -0.25) is 0 Å². The smallest absolute Gasteiger partial charge is 0.180 e. The van der Waals surface area contributed by atoms with E-state index in [1.54, 1.807) is 7.11 Å². The summed E-state index contributed by atoms with van der Waals surface area (Å²) in [6, 6.07) is 11.4. The van der Waals surface area contributed by atoms with E-state index >= 15 is 0 Å². The molecule has 0 aliphatic heterocycles. The van der Waals surface area contributed by atoms with E-state index in [1.165, 1.54) is 0 Å². The summed E-state index contributed by atoms with van der Waals surface area (Å²) in [4.78, 5) is 0. The third-order valence-corrected chi connectivity index (χ3v) is 3.94. The molecule has 24 heavy (non-hydrogen) atoms. The van der Waals surface area contributed by atoms with Crippen LogP contribution in [-0.2, 0) is 13.2 Å². The second-order valence-electron chi connectivity index (χ2n) is 6.63. The van der Waals surface area contributed by atoms with E-state index in [-0.39, 0.29) is 5.54 Å². The highest BCUT2D eigenvalue weighted by Crippen LogP contribution is 2.37. The molecule has 0 heterocycles. The molecule has 0 aliphatic carbocycles. The lowest BCUT2D eigenvalue weighted by atomic mass is 10.1. The normalized spacial score (nSPS) is 11.4. The Kier molecular flexibility index (Phi) is 6.39. The zero-order valence-corrected chi connectivity index (χ0v) is 16.0. The molecular weight excluding hydrogens is 345 g/mol. The van der Waals surface area contributed by atoms with E-state index in [4.69, 9.17) is 32.7 Å². The molecule has 2 aromatic carbocycles. The van der Waals surface area contributed by atoms with E-state index in [1.807, 2.05) is 36.4 Å². The van der Waals surface area contributed by atoms with E-state index in [2.05, 4.69) is 26.1 Å². The van der Waals surface area contributed by atoms with E-state index in [9.17, 15) is 0 Å². The molecule has 0 aromatic heterocycles. The van der Waals surface area contributed by atoms with Gasteiger partial charge in [0.15, 0.2) is 11.5 Å². The lowest BCUT2D eigenvalue weighted by Crippen LogP contribution is -2.35. The number of hydrogen-bond acceptors (Lipinski definition) is 3. The number of halogens is 2. The lowest BCUT2D eigenvalue weighted by Gasteiger charge is -2.21. The molecule has 3 nitrogen and oxygen atoms in total. The molecule has 130 valence electrons. The van der Waals surface area contributed by atoms with Crippen LogP contribution in [0.5, 0.6) is 11.5 Å². The zero-order chi connectivity index (χ0) is 17.7. The summed E-state index contributed by atoms with van der Waals surface area (Å²) in [6.45, 7) is 7.46. The minimum Gasteiger partial charge on any atom is -0.493 e. The summed E-state index contributed by atoms with van der Waals surface area (Å²) >= 11 is 12.3. The molecule has 0 saturated heterocycles. The van der Waals surface area contributed by atoms with Crippen LogP contribution in [0.2, 0.25) is 10.0 Å². The lowest BCUT2D eigenvalue weighted by molar-refractivity contribution is 0.284. The molecule has 0 aliphatic rings. The van der Waals surface area contributed by atoms with Crippen molar-refractivity contribution in [3.63, 3.8) is 0 Å². The molecule has 2 aromatic rings. The second kappa shape index (κ2) is 8.11. The van der Waals surface area contributed by atoms with Crippen LogP contribution < -0.4 is 14.8 Å². The van der Waals surface area contributed by atoms with Crippen molar-refractivity contribution >= 4 is 23.2 Å². The van der Waals surface area contributed by atoms with Crippen LogP contribution in [0.4, 0.5) is 0 Å². The van der Waals surface area contributed by atoms with Gasteiger partial charge in [0, 0.05) is 17.1 Å². The van der Waals surface area contributed by atoms with Crippen molar-refractivity contribution < 1.29 is 9.47 Å². The maximum atomic E-state index is 6.40. The van der Waals surface area contributed by atoms with Crippen molar-refractivity contribution in [1.82, 2.24) is 5.32 Å². The number of ether oxygens (including phenoxy) is 2. The Balaban J connectivity index is 2.13. The number of nitrogens with one attached hydrogen (secondary N) is 1. The van der Waals surface area contributed by atoms with Gasteiger partial charge in [0.1, 0.15) is 6.61 Å². The standard InChI is InChI=1S/C19H23Cl2NO2/c1-19(2,3)22-11-14-9-16(21)18(17(10-14)23-4)24-12-13-5-7-15(20)8-6-13/h5-10,22H,11-12H2,1-4H3. The molecule has 0 fully saturated rings. The summed E-state index contributed by atoms with van der Waals surface area (Å²) in [7, 11) is 1.61. The summed E-state index contributed by atoms with van der Waals surface area (Å²) in [6.07, 6.45) is 0. The summed E-state index contributed by atoms with van der Waals surface area (Å²) in [5, 5.41) is 4.67. The molecule has 2 rings (SSSR count). The van der Waals surface area contributed by atoms with E-state index < -0.39 is 0 Å². The predicted molar refractivity (Wildman–Crippen MR) is 100 cm³/mol. The van der Waals surface area contributed by atoms with Gasteiger partial charge in [-0.25, -0.2) is 0 Å². The van der Waals surface area contributed by atoms with Crippen molar-refractivity contribution in [1.29, 1.82) is 0 Å². The van der Waals surface area contributed by atoms with Crippen LogP contribution in [0, 0.1) is 0 Å². The molecule has 0 amide bonds. The quantitative estimate of drug-likeness (QED) is 0.734. The van der Waals surface area contributed by atoms with Crippen molar-refractivity contribution in [3.05, 3.63) is 57.6 Å². The van der Waals surface area contributed by atoms with Gasteiger partial charge in [-0.15, -0.1) is 0 Å². The van der Waals surface area contributed by atoms with Crippen molar-refractivity contribution in [2.24, 2.45) is 0 Å². The molecule has 0 atom stereocenters. The first kappa shape index (κ1) is 18.9. The first-order valence-electron chi connectivity index (χ1n) is 7.77. The minimum atomic E-state index is 0.0312. The highest BCUT2D eigenvalue weighted by Gasteiger charge is 2.14. The van der Waals surface area contributed by atoms with Gasteiger partial charge in [-0.2, -0.15) is 0 Å². The van der Waals surface area contributed by atoms with Gasteiger partial charge < -0.3 is 14.8 Å².